The van der Waals surface area contributed by atoms with Crippen LogP contribution in [0, 0.1) is 0 Å². The van der Waals surface area contributed by atoms with Crippen molar-refractivity contribution in [2.45, 2.75) is 6.04 Å². The summed E-state index contributed by atoms with van der Waals surface area (Å²) in [6, 6.07) is 3.60. The molecular weight excluding hydrogens is 214 g/mol. The molecule has 0 aliphatic rings. The van der Waals surface area contributed by atoms with Crippen molar-refractivity contribution in [3.63, 3.8) is 0 Å². The van der Waals surface area contributed by atoms with E-state index in [4.69, 9.17) is 5.73 Å². The Morgan fingerprint density at radius 2 is 2.00 bits per heavy atom. The van der Waals surface area contributed by atoms with E-state index in [0.717, 1.165) is 16.6 Å². The number of hydrogen-bond donors (Lipinski definition) is 1. The zero-order valence-corrected chi connectivity index (χ0v) is 9.06. The van der Waals surface area contributed by atoms with E-state index in [2.05, 4.69) is 15.1 Å². The maximum absolute atomic E-state index is 6.21. The molecule has 3 rings (SSSR count). The third kappa shape index (κ3) is 1.66. The normalized spacial score (nSPS) is 12.8. The van der Waals surface area contributed by atoms with Crippen LogP contribution in [-0.2, 0) is 0 Å². The van der Waals surface area contributed by atoms with E-state index < -0.39 is 0 Å². The SMILES string of the molecule is NC(c1cccnc1)c1cnn2ccncc12. The summed E-state index contributed by atoms with van der Waals surface area (Å²) in [6.45, 7) is 0. The summed E-state index contributed by atoms with van der Waals surface area (Å²) >= 11 is 0. The molecule has 3 heterocycles. The van der Waals surface area contributed by atoms with Gasteiger partial charge in [-0.1, -0.05) is 6.07 Å². The van der Waals surface area contributed by atoms with Crippen LogP contribution in [0.15, 0.2) is 49.3 Å². The highest BCUT2D eigenvalue weighted by Gasteiger charge is 2.14. The Morgan fingerprint density at radius 3 is 2.82 bits per heavy atom. The predicted octanol–water partition coefficient (Wildman–Crippen LogP) is 1.17. The molecule has 5 heteroatoms. The fraction of sp³-hybridized carbons (Fsp3) is 0.0833. The van der Waals surface area contributed by atoms with Gasteiger partial charge >= 0.3 is 0 Å². The van der Waals surface area contributed by atoms with Crippen molar-refractivity contribution in [2.75, 3.05) is 0 Å². The minimum Gasteiger partial charge on any atom is -0.320 e. The lowest BCUT2D eigenvalue weighted by Crippen LogP contribution is -2.11. The summed E-state index contributed by atoms with van der Waals surface area (Å²) in [5, 5.41) is 4.24. The van der Waals surface area contributed by atoms with E-state index >= 15 is 0 Å². The molecule has 0 saturated carbocycles. The van der Waals surface area contributed by atoms with Gasteiger partial charge < -0.3 is 5.73 Å². The average molecular weight is 225 g/mol. The summed E-state index contributed by atoms with van der Waals surface area (Å²) < 4.78 is 1.76. The standard InChI is InChI=1S/C12H11N5/c13-12(9-2-1-3-14-6-9)10-7-16-17-5-4-15-8-11(10)17/h1-8,12H,13H2. The Balaban J connectivity index is 2.10. The van der Waals surface area contributed by atoms with Gasteiger partial charge in [-0.2, -0.15) is 5.10 Å². The van der Waals surface area contributed by atoms with Crippen molar-refractivity contribution in [2.24, 2.45) is 5.73 Å². The van der Waals surface area contributed by atoms with Crippen LogP contribution < -0.4 is 5.73 Å². The number of nitrogens with two attached hydrogens (primary N) is 1. The smallest absolute Gasteiger partial charge is 0.0896 e. The monoisotopic (exact) mass is 225 g/mol. The lowest BCUT2D eigenvalue weighted by Gasteiger charge is -2.09. The van der Waals surface area contributed by atoms with Crippen molar-refractivity contribution in [3.05, 3.63) is 60.4 Å². The van der Waals surface area contributed by atoms with Crippen molar-refractivity contribution in [1.29, 1.82) is 0 Å². The maximum atomic E-state index is 6.21. The van der Waals surface area contributed by atoms with Gasteiger partial charge in [0.25, 0.3) is 0 Å². The summed E-state index contributed by atoms with van der Waals surface area (Å²) in [5.41, 5.74) is 9.04. The van der Waals surface area contributed by atoms with E-state index in [1.165, 1.54) is 0 Å². The molecule has 3 aromatic heterocycles. The second-order valence-electron chi connectivity index (χ2n) is 3.77. The average Bonchev–Trinajstić information content (AvgIpc) is 2.83. The Kier molecular flexibility index (Phi) is 2.31. The molecular formula is C12H11N5. The fourth-order valence-electron chi connectivity index (χ4n) is 1.83. The van der Waals surface area contributed by atoms with Gasteiger partial charge in [0, 0.05) is 30.4 Å². The lowest BCUT2D eigenvalue weighted by molar-refractivity contribution is 0.871. The van der Waals surface area contributed by atoms with Crippen LogP contribution in [0.25, 0.3) is 5.52 Å². The summed E-state index contributed by atoms with van der Waals surface area (Å²) in [7, 11) is 0. The molecule has 0 saturated heterocycles. The van der Waals surface area contributed by atoms with E-state index in [0.29, 0.717) is 0 Å². The van der Waals surface area contributed by atoms with E-state index in [9.17, 15) is 0 Å². The topological polar surface area (TPSA) is 69.1 Å². The van der Waals surface area contributed by atoms with E-state index in [1.54, 1.807) is 41.7 Å². The number of hydrogen-bond acceptors (Lipinski definition) is 4. The van der Waals surface area contributed by atoms with Crippen LogP contribution in [0.2, 0.25) is 0 Å². The molecule has 17 heavy (non-hydrogen) atoms. The van der Waals surface area contributed by atoms with Crippen LogP contribution in [0.3, 0.4) is 0 Å². The first-order valence-electron chi connectivity index (χ1n) is 5.29. The number of pyridine rings is 1. The van der Waals surface area contributed by atoms with Crippen molar-refractivity contribution < 1.29 is 0 Å². The fourth-order valence-corrected chi connectivity index (χ4v) is 1.83. The molecule has 0 spiro atoms. The van der Waals surface area contributed by atoms with Crippen LogP contribution in [0.1, 0.15) is 17.2 Å². The molecule has 0 aromatic carbocycles. The first-order chi connectivity index (χ1) is 8.36. The highest BCUT2D eigenvalue weighted by molar-refractivity contribution is 5.55. The number of fused-ring (bicyclic) bond motifs is 1. The zero-order chi connectivity index (χ0) is 11.7. The van der Waals surface area contributed by atoms with Crippen molar-refractivity contribution >= 4 is 5.52 Å². The largest absolute Gasteiger partial charge is 0.320 e. The molecule has 0 fully saturated rings. The molecule has 0 aliphatic carbocycles. The van der Waals surface area contributed by atoms with Crippen LogP contribution in [0.5, 0.6) is 0 Å². The van der Waals surface area contributed by atoms with Gasteiger partial charge in [-0.15, -0.1) is 0 Å². The van der Waals surface area contributed by atoms with Crippen LogP contribution in [-0.4, -0.2) is 19.6 Å². The van der Waals surface area contributed by atoms with Gasteiger partial charge in [-0.05, 0) is 11.6 Å². The van der Waals surface area contributed by atoms with Gasteiger partial charge in [-0.3, -0.25) is 9.97 Å². The number of rotatable bonds is 2. The van der Waals surface area contributed by atoms with Gasteiger partial charge in [0.15, 0.2) is 0 Å². The molecule has 3 aromatic rings. The summed E-state index contributed by atoms with van der Waals surface area (Å²) in [6.07, 6.45) is 10.5. The minimum absolute atomic E-state index is 0.231. The second kappa shape index (κ2) is 3.95. The number of nitrogens with zero attached hydrogens (tertiary/aromatic N) is 4. The molecule has 5 nitrogen and oxygen atoms in total. The first kappa shape index (κ1) is 9.92. The molecule has 0 radical (unpaired) electrons. The Morgan fingerprint density at radius 1 is 1.12 bits per heavy atom. The third-order valence-electron chi connectivity index (χ3n) is 2.73. The summed E-state index contributed by atoms with van der Waals surface area (Å²) in [5.74, 6) is 0. The summed E-state index contributed by atoms with van der Waals surface area (Å²) in [4.78, 5) is 8.16. The Hall–Kier alpha value is -2.27. The first-order valence-corrected chi connectivity index (χ1v) is 5.29. The molecule has 84 valence electrons. The van der Waals surface area contributed by atoms with Crippen molar-refractivity contribution in [3.8, 4) is 0 Å². The van der Waals surface area contributed by atoms with Gasteiger partial charge in [-0.25, -0.2) is 4.52 Å². The highest BCUT2D eigenvalue weighted by Crippen LogP contribution is 2.22. The molecule has 0 bridgehead atoms. The Labute approximate surface area is 97.9 Å². The molecule has 2 N–H and O–H groups in total. The maximum Gasteiger partial charge on any atom is 0.0896 e. The zero-order valence-electron chi connectivity index (χ0n) is 9.06. The predicted molar refractivity (Wildman–Crippen MR) is 63.3 cm³/mol. The Bertz CT molecular complexity index is 631. The van der Waals surface area contributed by atoms with Gasteiger partial charge in [0.05, 0.1) is 24.0 Å². The molecule has 0 amide bonds. The van der Waals surface area contributed by atoms with Crippen LogP contribution in [0.4, 0.5) is 0 Å². The third-order valence-corrected chi connectivity index (χ3v) is 2.73. The van der Waals surface area contributed by atoms with Crippen LogP contribution >= 0.6 is 0 Å². The minimum atomic E-state index is -0.231. The second-order valence-corrected chi connectivity index (χ2v) is 3.77. The molecule has 1 unspecified atom stereocenters. The molecule has 0 aliphatic heterocycles. The van der Waals surface area contributed by atoms with Crippen molar-refractivity contribution in [1.82, 2.24) is 19.6 Å². The molecule has 1 atom stereocenters. The van der Waals surface area contributed by atoms with Gasteiger partial charge in [0.2, 0.25) is 0 Å². The van der Waals surface area contributed by atoms with E-state index in [1.807, 2.05) is 12.1 Å². The number of aromatic nitrogens is 4. The highest BCUT2D eigenvalue weighted by atomic mass is 15.2. The van der Waals surface area contributed by atoms with Gasteiger partial charge in [0.1, 0.15) is 0 Å². The lowest BCUT2D eigenvalue weighted by atomic mass is 10.0. The van der Waals surface area contributed by atoms with E-state index in [-0.39, 0.29) is 6.04 Å². The quantitative estimate of drug-likeness (QED) is 0.710.